The second-order valence-corrected chi connectivity index (χ2v) is 7.39. The molecule has 21 heavy (non-hydrogen) atoms. The fourth-order valence-corrected chi connectivity index (χ4v) is 2.92. The predicted octanol–water partition coefficient (Wildman–Crippen LogP) is 4.55. The summed E-state index contributed by atoms with van der Waals surface area (Å²) < 4.78 is 0. The van der Waals surface area contributed by atoms with E-state index in [1.165, 1.54) is 32.1 Å². The van der Waals surface area contributed by atoms with Crippen molar-refractivity contribution >= 4 is 0 Å². The Hall–Kier alpha value is -0.600. The first-order valence-corrected chi connectivity index (χ1v) is 8.81. The molecule has 1 rings (SSSR count). The Labute approximate surface area is 132 Å². The quantitative estimate of drug-likeness (QED) is 0.484. The summed E-state index contributed by atoms with van der Waals surface area (Å²) in [7, 11) is 0. The zero-order valence-corrected chi connectivity index (χ0v) is 14.2. The summed E-state index contributed by atoms with van der Waals surface area (Å²) >= 11 is 0. The van der Waals surface area contributed by atoms with Gasteiger partial charge in [-0.3, -0.25) is 0 Å². The van der Waals surface area contributed by atoms with E-state index < -0.39 is 0 Å². The van der Waals surface area contributed by atoms with E-state index in [0.29, 0.717) is 6.04 Å². The van der Waals surface area contributed by atoms with Crippen LogP contribution in [0.2, 0.25) is 0 Å². The highest BCUT2D eigenvalue weighted by Gasteiger charge is 2.19. The molecule has 0 bridgehead atoms. The molecule has 1 aliphatic rings. The zero-order valence-electron chi connectivity index (χ0n) is 14.2. The van der Waals surface area contributed by atoms with Crippen LogP contribution in [0.15, 0.2) is 24.3 Å². The molecule has 122 valence electrons. The van der Waals surface area contributed by atoms with Crippen molar-refractivity contribution in [3.8, 4) is 0 Å². The first kappa shape index (κ1) is 18.4. The van der Waals surface area contributed by atoms with Crippen LogP contribution in [0, 0.1) is 11.3 Å². The van der Waals surface area contributed by atoms with E-state index in [1.54, 1.807) is 0 Å². The third-order valence-corrected chi connectivity index (χ3v) is 4.72. The first-order chi connectivity index (χ1) is 10.0. The third-order valence-electron chi connectivity index (χ3n) is 4.72. The van der Waals surface area contributed by atoms with E-state index >= 15 is 0 Å². The Morgan fingerprint density at radius 3 is 2.24 bits per heavy atom. The summed E-state index contributed by atoms with van der Waals surface area (Å²) in [5, 5.41) is 0. The van der Waals surface area contributed by atoms with Crippen molar-refractivity contribution in [1.82, 2.24) is 0 Å². The first-order valence-electron chi connectivity index (χ1n) is 8.81. The second-order valence-electron chi connectivity index (χ2n) is 7.39. The Bertz CT molecular complexity index is 312. The van der Waals surface area contributed by atoms with Gasteiger partial charge in [0.25, 0.3) is 0 Å². The van der Waals surface area contributed by atoms with Gasteiger partial charge in [-0.05, 0) is 56.4 Å². The van der Waals surface area contributed by atoms with Crippen molar-refractivity contribution in [2.75, 3.05) is 6.54 Å². The molecule has 0 aliphatic heterocycles. The van der Waals surface area contributed by atoms with Gasteiger partial charge in [0.15, 0.2) is 0 Å². The van der Waals surface area contributed by atoms with Crippen LogP contribution in [-0.2, 0) is 0 Å². The highest BCUT2D eigenvalue weighted by Crippen LogP contribution is 2.26. The highest BCUT2D eigenvalue weighted by atomic mass is 14.6. The van der Waals surface area contributed by atoms with Gasteiger partial charge in [-0.15, -0.1) is 0 Å². The van der Waals surface area contributed by atoms with E-state index in [1.807, 2.05) is 0 Å². The highest BCUT2D eigenvalue weighted by molar-refractivity contribution is 4.93. The Balaban J connectivity index is 2.08. The molecule has 2 nitrogen and oxygen atoms in total. The van der Waals surface area contributed by atoms with Crippen molar-refractivity contribution in [1.29, 1.82) is 0 Å². The zero-order chi connectivity index (χ0) is 15.6. The minimum absolute atomic E-state index is 0.235. The molecule has 0 aromatic carbocycles. The topological polar surface area (TPSA) is 52.0 Å². The lowest BCUT2D eigenvalue weighted by Gasteiger charge is -2.26. The van der Waals surface area contributed by atoms with E-state index in [9.17, 15) is 0 Å². The molecule has 1 unspecified atom stereocenters. The van der Waals surface area contributed by atoms with Crippen LogP contribution in [0.1, 0.15) is 71.6 Å². The van der Waals surface area contributed by atoms with Gasteiger partial charge in [0.05, 0.1) is 0 Å². The SMILES string of the molecule is CC(C)(CN)C/C=C/CC/C=C/CC(N)C1CCCCC1. The summed E-state index contributed by atoms with van der Waals surface area (Å²) in [4.78, 5) is 0. The van der Waals surface area contributed by atoms with Crippen molar-refractivity contribution in [2.45, 2.75) is 77.7 Å². The Morgan fingerprint density at radius 2 is 1.62 bits per heavy atom. The number of nitrogens with two attached hydrogens (primary N) is 2. The minimum Gasteiger partial charge on any atom is -0.330 e. The summed E-state index contributed by atoms with van der Waals surface area (Å²) in [5.74, 6) is 0.766. The standard InChI is InChI=1S/C19H36N2/c1-19(2,16-20)15-11-6-4-3-5-10-14-18(21)17-12-8-7-9-13-17/h5-6,10-11,17-18H,3-4,7-9,12-16,20-21H2,1-2H3/b10-5+,11-6+. The molecular weight excluding hydrogens is 256 g/mol. The number of rotatable bonds is 9. The van der Waals surface area contributed by atoms with E-state index in [4.69, 9.17) is 11.5 Å². The number of unbranched alkanes of at least 4 members (excludes halogenated alkanes) is 1. The Morgan fingerprint density at radius 1 is 1.00 bits per heavy atom. The third kappa shape index (κ3) is 8.43. The molecule has 0 saturated heterocycles. The van der Waals surface area contributed by atoms with Crippen molar-refractivity contribution in [2.24, 2.45) is 22.8 Å². The van der Waals surface area contributed by atoms with Crippen molar-refractivity contribution in [3.63, 3.8) is 0 Å². The molecule has 1 atom stereocenters. The van der Waals surface area contributed by atoms with Crippen LogP contribution in [-0.4, -0.2) is 12.6 Å². The molecule has 0 radical (unpaired) electrons. The summed E-state index contributed by atoms with van der Waals surface area (Å²) in [6, 6.07) is 0.377. The molecule has 2 heteroatoms. The van der Waals surface area contributed by atoms with Gasteiger partial charge < -0.3 is 11.5 Å². The van der Waals surface area contributed by atoms with Gasteiger partial charge >= 0.3 is 0 Å². The summed E-state index contributed by atoms with van der Waals surface area (Å²) in [5.41, 5.74) is 12.3. The van der Waals surface area contributed by atoms with Gasteiger partial charge in [0, 0.05) is 6.04 Å². The van der Waals surface area contributed by atoms with Crippen LogP contribution in [0.5, 0.6) is 0 Å². The van der Waals surface area contributed by atoms with Crippen LogP contribution in [0.4, 0.5) is 0 Å². The second kappa shape index (κ2) is 10.2. The lowest BCUT2D eigenvalue weighted by molar-refractivity contribution is 0.305. The maximum absolute atomic E-state index is 6.30. The Kier molecular flexibility index (Phi) is 8.94. The van der Waals surface area contributed by atoms with Crippen LogP contribution >= 0.6 is 0 Å². The average Bonchev–Trinajstić information content (AvgIpc) is 2.50. The minimum atomic E-state index is 0.235. The smallest absolute Gasteiger partial charge is 0.0102 e. The lowest BCUT2D eigenvalue weighted by Crippen LogP contribution is -2.30. The molecule has 0 spiro atoms. The number of hydrogen-bond acceptors (Lipinski definition) is 2. The van der Waals surface area contributed by atoms with Gasteiger partial charge in [0.2, 0.25) is 0 Å². The largest absolute Gasteiger partial charge is 0.330 e. The van der Waals surface area contributed by atoms with Crippen LogP contribution < -0.4 is 11.5 Å². The van der Waals surface area contributed by atoms with Gasteiger partial charge in [-0.25, -0.2) is 0 Å². The average molecular weight is 293 g/mol. The summed E-state index contributed by atoms with van der Waals surface area (Å²) in [6.07, 6.45) is 20.4. The fraction of sp³-hybridized carbons (Fsp3) is 0.789. The van der Waals surface area contributed by atoms with E-state index in [2.05, 4.69) is 38.2 Å². The molecule has 0 aromatic rings. The van der Waals surface area contributed by atoms with Gasteiger partial charge in [0.1, 0.15) is 0 Å². The molecule has 0 aromatic heterocycles. The van der Waals surface area contributed by atoms with Gasteiger partial charge in [-0.2, -0.15) is 0 Å². The maximum atomic E-state index is 6.30. The van der Waals surface area contributed by atoms with E-state index in [0.717, 1.165) is 38.1 Å². The molecule has 0 heterocycles. The fourth-order valence-electron chi connectivity index (χ4n) is 2.92. The molecular formula is C19H36N2. The number of hydrogen-bond donors (Lipinski definition) is 2. The summed E-state index contributed by atoms with van der Waals surface area (Å²) in [6.45, 7) is 5.17. The van der Waals surface area contributed by atoms with Crippen LogP contribution in [0.25, 0.3) is 0 Å². The monoisotopic (exact) mass is 292 g/mol. The maximum Gasteiger partial charge on any atom is 0.0102 e. The lowest BCUT2D eigenvalue weighted by atomic mass is 9.83. The van der Waals surface area contributed by atoms with Crippen molar-refractivity contribution in [3.05, 3.63) is 24.3 Å². The molecule has 1 fully saturated rings. The van der Waals surface area contributed by atoms with Crippen LogP contribution in [0.3, 0.4) is 0 Å². The van der Waals surface area contributed by atoms with Gasteiger partial charge in [-0.1, -0.05) is 57.4 Å². The molecule has 4 N–H and O–H groups in total. The molecule has 1 aliphatic carbocycles. The van der Waals surface area contributed by atoms with E-state index in [-0.39, 0.29) is 5.41 Å². The predicted molar refractivity (Wildman–Crippen MR) is 94.1 cm³/mol. The number of allylic oxidation sites excluding steroid dienone is 3. The molecule has 1 saturated carbocycles. The molecule has 0 amide bonds. The normalized spacial score (nSPS) is 19.6. The van der Waals surface area contributed by atoms with Crippen molar-refractivity contribution < 1.29 is 0 Å².